The van der Waals surface area contributed by atoms with E-state index in [0.29, 0.717) is 11.3 Å². The standard InChI is InChI=1S/C10H11BrO4/c1-15-9-4-6(11)2-3-7(9)8(12)5-10(13)14/h2-4,8,12H,5H2,1H3,(H,13,14). The molecule has 1 unspecified atom stereocenters. The summed E-state index contributed by atoms with van der Waals surface area (Å²) in [6.45, 7) is 0. The minimum Gasteiger partial charge on any atom is -0.496 e. The summed E-state index contributed by atoms with van der Waals surface area (Å²) in [6, 6.07) is 5.04. The van der Waals surface area contributed by atoms with Crippen LogP contribution in [0.4, 0.5) is 0 Å². The lowest BCUT2D eigenvalue weighted by molar-refractivity contribution is -0.139. The molecule has 0 aliphatic carbocycles. The summed E-state index contributed by atoms with van der Waals surface area (Å²) in [6.07, 6.45) is -1.39. The summed E-state index contributed by atoms with van der Waals surface area (Å²) >= 11 is 3.26. The number of hydrogen-bond donors (Lipinski definition) is 2. The zero-order valence-corrected chi connectivity index (χ0v) is 9.69. The number of benzene rings is 1. The van der Waals surface area contributed by atoms with Crippen molar-refractivity contribution in [1.29, 1.82) is 0 Å². The molecular weight excluding hydrogens is 264 g/mol. The van der Waals surface area contributed by atoms with Gasteiger partial charge in [-0.1, -0.05) is 22.0 Å². The van der Waals surface area contributed by atoms with Crippen LogP contribution < -0.4 is 4.74 Å². The van der Waals surface area contributed by atoms with Gasteiger partial charge in [-0.2, -0.15) is 0 Å². The lowest BCUT2D eigenvalue weighted by atomic mass is 10.1. The summed E-state index contributed by atoms with van der Waals surface area (Å²) in [4.78, 5) is 10.4. The quantitative estimate of drug-likeness (QED) is 0.881. The van der Waals surface area contributed by atoms with Gasteiger partial charge in [0.05, 0.1) is 19.6 Å². The van der Waals surface area contributed by atoms with Gasteiger partial charge in [0.25, 0.3) is 0 Å². The number of hydrogen-bond acceptors (Lipinski definition) is 3. The van der Waals surface area contributed by atoms with Crippen LogP contribution in [0.3, 0.4) is 0 Å². The first-order chi connectivity index (χ1) is 7.04. The molecule has 1 aromatic carbocycles. The predicted molar refractivity (Wildman–Crippen MR) is 57.9 cm³/mol. The van der Waals surface area contributed by atoms with Crippen molar-refractivity contribution in [2.75, 3.05) is 7.11 Å². The predicted octanol–water partition coefficient (Wildman–Crippen LogP) is 1.97. The molecule has 0 spiro atoms. The third kappa shape index (κ3) is 3.21. The molecule has 0 aliphatic heterocycles. The fourth-order valence-electron chi connectivity index (χ4n) is 1.24. The van der Waals surface area contributed by atoms with Crippen LogP contribution in [0, 0.1) is 0 Å². The van der Waals surface area contributed by atoms with Crippen LogP contribution in [-0.2, 0) is 4.79 Å². The second-order valence-electron chi connectivity index (χ2n) is 3.00. The van der Waals surface area contributed by atoms with Crippen molar-refractivity contribution in [3.63, 3.8) is 0 Å². The molecule has 0 heterocycles. The molecule has 4 nitrogen and oxygen atoms in total. The fourth-order valence-corrected chi connectivity index (χ4v) is 1.58. The molecule has 1 aromatic rings. The number of halogens is 1. The maximum atomic E-state index is 10.4. The molecule has 0 radical (unpaired) electrons. The zero-order chi connectivity index (χ0) is 11.4. The Morgan fingerprint density at radius 1 is 1.60 bits per heavy atom. The lowest BCUT2D eigenvalue weighted by Gasteiger charge is -2.13. The van der Waals surface area contributed by atoms with Crippen LogP contribution in [-0.4, -0.2) is 23.3 Å². The van der Waals surface area contributed by atoms with Gasteiger partial charge in [-0.05, 0) is 12.1 Å². The fraction of sp³-hybridized carbons (Fsp3) is 0.300. The topological polar surface area (TPSA) is 66.8 Å². The summed E-state index contributed by atoms with van der Waals surface area (Å²) in [5.74, 6) is -0.578. The molecule has 0 aromatic heterocycles. The van der Waals surface area contributed by atoms with Gasteiger partial charge in [0.2, 0.25) is 0 Å². The number of aliphatic hydroxyl groups is 1. The molecule has 0 amide bonds. The Morgan fingerprint density at radius 2 is 2.27 bits per heavy atom. The zero-order valence-electron chi connectivity index (χ0n) is 8.11. The van der Waals surface area contributed by atoms with Gasteiger partial charge < -0.3 is 14.9 Å². The molecule has 0 fully saturated rings. The number of rotatable bonds is 4. The maximum absolute atomic E-state index is 10.4. The molecule has 1 rings (SSSR count). The Balaban J connectivity index is 2.97. The Kier molecular flexibility index (Phi) is 4.11. The molecule has 0 saturated carbocycles. The summed E-state index contributed by atoms with van der Waals surface area (Å²) in [5.41, 5.74) is 0.475. The van der Waals surface area contributed by atoms with Crippen LogP contribution in [0.2, 0.25) is 0 Å². The molecule has 15 heavy (non-hydrogen) atoms. The monoisotopic (exact) mass is 274 g/mol. The molecule has 0 aliphatic rings. The van der Waals surface area contributed by atoms with Gasteiger partial charge in [0, 0.05) is 10.0 Å². The first-order valence-corrected chi connectivity index (χ1v) is 5.07. The van der Waals surface area contributed by atoms with Crippen molar-refractivity contribution < 1.29 is 19.7 Å². The number of aliphatic carboxylic acids is 1. The second kappa shape index (κ2) is 5.14. The Hall–Kier alpha value is -1.07. The van der Waals surface area contributed by atoms with Crippen LogP contribution >= 0.6 is 15.9 Å². The maximum Gasteiger partial charge on any atom is 0.306 e. The summed E-state index contributed by atoms with van der Waals surface area (Å²) < 4.78 is 5.86. The smallest absolute Gasteiger partial charge is 0.306 e. The Labute approximate surface area is 95.6 Å². The van der Waals surface area contributed by atoms with E-state index in [4.69, 9.17) is 9.84 Å². The van der Waals surface area contributed by atoms with Crippen molar-refractivity contribution >= 4 is 21.9 Å². The molecule has 0 bridgehead atoms. The van der Waals surface area contributed by atoms with Crippen molar-refractivity contribution in [2.24, 2.45) is 0 Å². The van der Waals surface area contributed by atoms with Gasteiger partial charge in [-0.15, -0.1) is 0 Å². The highest BCUT2D eigenvalue weighted by Gasteiger charge is 2.16. The first kappa shape index (κ1) is 12.0. The molecule has 5 heteroatoms. The van der Waals surface area contributed by atoms with Crippen LogP contribution in [0.25, 0.3) is 0 Å². The van der Waals surface area contributed by atoms with Gasteiger partial charge >= 0.3 is 5.97 Å². The van der Waals surface area contributed by atoms with Gasteiger partial charge in [0.1, 0.15) is 5.75 Å². The largest absolute Gasteiger partial charge is 0.496 e. The highest BCUT2D eigenvalue weighted by molar-refractivity contribution is 9.10. The second-order valence-corrected chi connectivity index (χ2v) is 3.92. The normalized spacial score (nSPS) is 12.2. The third-order valence-corrected chi connectivity index (χ3v) is 2.42. The van der Waals surface area contributed by atoms with E-state index in [2.05, 4.69) is 15.9 Å². The van der Waals surface area contributed by atoms with Crippen LogP contribution in [0.5, 0.6) is 5.75 Å². The number of ether oxygens (including phenoxy) is 1. The van der Waals surface area contributed by atoms with E-state index in [1.807, 2.05) is 0 Å². The van der Waals surface area contributed by atoms with E-state index in [1.165, 1.54) is 7.11 Å². The van der Waals surface area contributed by atoms with E-state index in [9.17, 15) is 9.90 Å². The number of carboxylic acids is 1. The summed E-state index contributed by atoms with van der Waals surface area (Å²) in [7, 11) is 1.47. The highest BCUT2D eigenvalue weighted by atomic mass is 79.9. The third-order valence-electron chi connectivity index (χ3n) is 1.92. The number of methoxy groups -OCH3 is 1. The minimum atomic E-state index is -1.05. The number of carboxylic acid groups (broad SMARTS) is 1. The average molecular weight is 275 g/mol. The van der Waals surface area contributed by atoms with E-state index in [0.717, 1.165) is 4.47 Å². The van der Waals surface area contributed by atoms with Crippen LogP contribution in [0.15, 0.2) is 22.7 Å². The van der Waals surface area contributed by atoms with Gasteiger partial charge in [0.15, 0.2) is 0 Å². The number of carbonyl (C=O) groups is 1. The van der Waals surface area contributed by atoms with Crippen LogP contribution in [0.1, 0.15) is 18.1 Å². The van der Waals surface area contributed by atoms with Gasteiger partial charge in [-0.25, -0.2) is 0 Å². The SMILES string of the molecule is COc1cc(Br)ccc1C(O)CC(=O)O. The number of aliphatic hydroxyl groups excluding tert-OH is 1. The molecular formula is C10H11BrO4. The van der Waals surface area contributed by atoms with Gasteiger partial charge in [-0.3, -0.25) is 4.79 Å². The molecule has 82 valence electrons. The van der Waals surface area contributed by atoms with E-state index in [1.54, 1.807) is 18.2 Å². The molecule has 1 atom stereocenters. The lowest BCUT2D eigenvalue weighted by Crippen LogP contribution is -2.06. The first-order valence-electron chi connectivity index (χ1n) is 4.28. The highest BCUT2D eigenvalue weighted by Crippen LogP contribution is 2.29. The van der Waals surface area contributed by atoms with E-state index < -0.39 is 12.1 Å². The molecule has 2 N–H and O–H groups in total. The Morgan fingerprint density at radius 3 is 2.80 bits per heavy atom. The average Bonchev–Trinajstić information content (AvgIpc) is 2.16. The minimum absolute atomic E-state index is 0.335. The Bertz CT molecular complexity index is 364. The van der Waals surface area contributed by atoms with Crippen molar-refractivity contribution in [3.8, 4) is 5.75 Å². The van der Waals surface area contributed by atoms with Crippen molar-refractivity contribution in [3.05, 3.63) is 28.2 Å². The molecule has 0 saturated heterocycles. The van der Waals surface area contributed by atoms with E-state index >= 15 is 0 Å². The van der Waals surface area contributed by atoms with Crippen molar-refractivity contribution in [2.45, 2.75) is 12.5 Å². The van der Waals surface area contributed by atoms with E-state index in [-0.39, 0.29) is 6.42 Å². The summed E-state index contributed by atoms with van der Waals surface area (Å²) in [5, 5.41) is 18.2. The van der Waals surface area contributed by atoms with Crippen molar-refractivity contribution in [1.82, 2.24) is 0 Å².